The van der Waals surface area contributed by atoms with Crippen LogP contribution >= 0.6 is 0 Å². The first-order chi connectivity index (χ1) is 35.2. The number of carbonyl (C=O) groups is 2. The van der Waals surface area contributed by atoms with Crippen molar-refractivity contribution in [1.29, 1.82) is 0 Å². The molecule has 3 unspecified atom stereocenters. The molecule has 0 amide bonds. The molecule has 386 valence electrons. The first kappa shape index (κ1) is 54.5. The third kappa shape index (κ3) is 12.7. The topological polar surface area (TPSA) is 89.5 Å². The second kappa shape index (κ2) is 22.8. The van der Waals surface area contributed by atoms with Crippen LogP contribution in [0.15, 0.2) is 158 Å². The maximum Gasteiger partial charge on any atom is 0.343 e. The Balaban J connectivity index is 0.917. The summed E-state index contributed by atoms with van der Waals surface area (Å²) in [5.41, 5.74) is 5.03. The van der Waals surface area contributed by atoms with Crippen LogP contribution in [0.3, 0.4) is 0 Å². The fourth-order valence-corrected chi connectivity index (χ4v) is 8.89. The highest BCUT2D eigenvalue weighted by atomic mass is 16.5. The average molecular weight is 995 g/mol. The van der Waals surface area contributed by atoms with E-state index in [9.17, 15) is 9.59 Å². The maximum absolute atomic E-state index is 13.3. The Hall–Kier alpha value is -7.32. The van der Waals surface area contributed by atoms with Crippen LogP contribution in [0.1, 0.15) is 156 Å². The molecule has 0 aliphatic carbocycles. The van der Waals surface area contributed by atoms with Crippen molar-refractivity contribution in [2.24, 2.45) is 5.41 Å². The predicted molar refractivity (Wildman–Crippen MR) is 298 cm³/mol. The Kier molecular flexibility index (Phi) is 16.8. The lowest BCUT2D eigenvalue weighted by Crippen LogP contribution is -2.51. The van der Waals surface area contributed by atoms with E-state index in [4.69, 9.17) is 28.4 Å². The highest BCUT2D eigenvalue weighted by Crippen LogP contribution is 2.44. The number of rotatable bonds is 22. The summed E-state index contributed by atoms with van der Waals surface area (Å²) in [5, 5.41) is 0. The zero-order valence-electron chi connectivity index (χ0n) is 45.7. The van der Waals surface area contributed by atoms with E-state index < -0.39 is 17.0 Å². The molecule has 0 N–H and O–H groups in total. The quantitative estimate of drug-likeness (QED) is 0.0377. The van der Waals surface area contributed by atoms with Gasteiger partial charge < -0.3 is 28.4 Å². The Labute approximate surface area is 440 Å². The average Bonchev–Trinajstić information content (AvgIpc) is 3.40. The van der Waals surface area contributed by atoms with Gasteiger partial charge in [-0.1, -0.05) is 91.8 Å². The number of aryl methyl sites for hydroxylation is 2. The number of carbonyl (C=O) groups excluding carboxylic acids is 2. The minimum Gasteiger partial charge on any atom is -0.488 e. The van der Waals surface area contributed by atoms with Crippen molar-refractivity contribution in [3.63, 3.8) is 0 Å². The van der Waals surface area contributed by atoms with Crippen LogP contribution in [0.25, 0.3) is 0 Å². The van der Waals surface area contributed by atoms with Crippen LogP contribution in [0.4, 0.5) is 0 Å². The second-order valence-electron chi connectivity index (χ2n) is 21.1. The number of ketones is 1. The van der Waals surface area contributed by atoms with Gasteiger partial charge in [-0.2, -0.15) is 0 Å². The van der Waals surface area contributed by atoms with E-state index in [0.717, 1.165) is 59.4 Å². The van der Waals surface area contributed by atoms with E-state index in [2.05, 4.69) is 98.7 Å². The first-order valence-electron chi connectivity index (χ1n) is 26.1. The lowest BCUT2D eigenvalue weighted by Gasteiger charge is -2.46. The molecule has 7 aromatic carbocycles. The fourth-order valence-electron chi connectivity index (χ4n) is 8.89. The van der Waals surface area contributed by atoms with Crippen molar-refractivity contribution in [3.8, 4) is 51.7 Å². The minimum absolute atomic E-state index is 0.125. The number of hydrogen-bond donors (Lipinski definition) is 0. The third-order valence-electron chi connectivity index (χ3n) is 15.3. The lowest BCUT2D eigenvalue weighted by molar-refractivity contribution is 0.00299. The molecule has 0 fully saturated rings. The highest BCUT2D eigenvalue weighted by molar-refractivity contribution is 6.00. The highest BCUT2D eigenvalue weighted by Gasteiger charge is 2.45. The van der Waals surface area contributed by atoms with Gasteiger partial charge >= 0.3 is 5.97 Å². The molecule has 0 aliphatic heterocycles. The number of ether oxygens (including phenoxy) is 6. The SMILES string of the molecule is CCC(C)(C)Oc1ccc(C(C)c2ccc(OC(=O)c3ccc(Oc4ccc(C(C)(CC)C(C)(CC)Oc5ccc(Oc6ccc(Oc7ccc(C(=O)C(C)(C)CC)cc7)cc6)cc5)cc4)cc3)c(C)c2)cc1C. The molecule has 0 aliphatic rings. The summed E-state index contributed by atoms with van der Waals surface area (Å²) < 4.78 is 37.5. The van der Waals surface area contributed by atoms with Gasteiger partial charge in [0, 0.05) is 22.3 Å². The van der Waals surface area contributed by atoms with E-state index in [-0.39, 0.29) is 22.7 Å². The Bertz CT molecular complexity index is 3010. The van der Waals surface area contributed by atoms with Gasteiger partial charge in [0.2, 0.25) is 0 Å². The molecule has 0 radical (unpaired) electrons. The van der Waals surface area contributed by atoms with Gasteiger partial charge in [0.1, 0.15) is 62.9 Å². The molecule has 7 aromatic rings. The Morgan fingerprint density at radius 3 is 1.26 bits per heavy atom. The molecule has 0 spiro atoms. The van der Waals surface area contributed by atoms with Crippen molar-refractivity contribution in [3.05, 3.63) is 197 Å². The molecular weight excluding hydrogens is 921 g/mol. The van der Waals surface area contributed by atoms with Crippen LogP contribution < -0.4 is 28.4 Å². The van der Waals surface area contributed by atoms with Crippen LogP contribution in [0.2, 0.25) is 0 Å². The lowest BCUT2D eigenvalue weighted by atomic mass is 9.66. The number of hydrogen-bond acceptors (Lipinski definition) is 8. The molecule has 7 rings (SSSR count). The summed E-state index contributed by atoms with van der Waals surface area (Å²) in [7, 11) is 0. The summed E-state index contributed by atoms with van der Waals surface area (Å²) in [6.45, 7) is 27.3. The summed E-state index contributed by atoms with van der Waals surface area (Å²) in [5.74, 6) is 5.97. The molecule has 0 aromatic heterocycles. The molecule has 8 heteroatoms. The maximum atomic E-state index is 13.3. The van der Waals surface area contributed by atoms with Crippen LogP contribution in [0.5, 0.6) is 51.7 Å². The molecule has 0 saturated carbocycles. The van der Waals surface area contributed by atoms with Gasteiger partial charge in [-0.25, -0.2) is 4.79 Å². The van der Waals surface area contributed by atoms with Gasteiger partial charge in [-0.15, -0.1) is 0 Å². The molecule has 0 saturated heterocycles. The molecule has 0 heterocycles. The monoisotopic (exact) mass is 995 g/mol. The van der Waals surface area contributed by atoms with Crippen LogP contribution in [0, 0.1) is 19.3 Å². The largest absolute Gasteiger partial charge is 0.488 e. The van der Waals surface area contributed by atoms with Crippen molar-refractivity contribution >= 4 is 11.8 Å². The van der Waals surface area contributed by atoms with E-state index >= 15 is 0 Å². The van der Waals surface area contributed by atoms with E-state index in [1.807, 2.05) is 125 Å². The normalized spacial score (nSPS) is 13.7. The standard InChI is InChI=1S/C66H74O8/c1-14-63(8,9)61(67)47-18-26-52(27-19-47)70-55-32-34-56(35-33-55)71-57-36-38-58(39-37-57)73-66(13,17-4)65(12,16-3)51-24-30-54(31-25-51)69-53-28-20-48(21-29-53)62(68)72-59-40-22-49(42-44(59)5)46(7)50-23-41-60(45(6)43-50)74-64(10,11)15-2/h18-43,46H,14-17H2,1-13H3. The number of benzene rings is 7. The number of esters is 1. The van der Waals surface area contributed by atoms with Gasteiger partial charge in [-0.3, -0.25) is 4.79 Å². The van der Waals surface area contributed by atoms with Crippen molar-refractivity contribution in [2.75, 3.05) is 0 Å². The second-order valence-corrected chi connectivity index (χ2v) is 21.1. The molecule has 8 nitrogen and oxygen atoms in total. The third-order valence-corrected chi connectivity index (χ3v) is 15.3. The molecular formula is C66H74O8. The van der Waals surface area contributed by atoms with Crippen LogP contribution in [-0.2, 0) is 5.41 Å². The zero-order valence-corrected chi connectivity index (χ0v) is 45.7. The van der Waals surface area contributed by atoms with Gasteiger partial charge in [0.15, 0.2) is 5.78 Å². The van der Waals surface area contributed by atoms with Crippen LogP contribution in [-0.4, -0.2) is 23.0 Å². The summed E-state index contributed by atoms with van der Waals surface area (Å²) in [6, 6.07) is 50.0. The van der Waals surface area contributed by atoms with Gasteiger partial charge in [0.25, 0.3) is 0 Å². The van der Waals surface area contributed by atoms with Gasteiger partial charge in [-0.05, 0) is 209 Å². The van der Waals surface area contributed by atoms with E-state index in [1.54, 1.807) is 24.3 Å². The van der Waals surface area contributed by atoms with Crippen molar-refractivity contribution < 1.29 is 38.0 Å². The van der Waals surface area contributed by atoms with Gasteiger partial charge in [0.05, 0.1) is 5.56 Å². The van der Waals surface area contributed by atoms with E-state index in [0.29, 0.717) is 51.4 Å². The fraction of sp³-hybridized carbons (Fsp3) is 0.333. The van der Waals surface area contributed by atoms with E-state index in [1.165, 1.54) is 5.56 Å². The Morgan fingerprint density at radius 1 is 0.446 bits per heavy atom. The zero-order chi connectivity index (χ0) is 53.4. The number of Topliss-reactive ketones (excluding diaryl/α,β-unsaturated/α-hetero) is 1. The Morgan fingerprint density at radius 2 is 0.851 bits per heavy atom. The predicted octanol–water partition coefficient (Wildman–Crippen LogP) is 18.2. The molecule has 74 heavy (non-hydrogen) atoms. The molecule has 0 bridgehead atoms. The van der Waals surface area contributed by atoms with Crippen molar-refractivity contribution in [1.82, 2.24) is 0 Å². The summed E-state index contributed by atoms with van der Waals surface area (Å²) in [4.78, 5) is 26.2. The first-order valence-corrected chi connectivity index (χ1v) is 26.1. The smallest absolute Gasteiger partial charge is 0.343 e. The summed E-state index contributed by atoms with van der Waals surface area (Å²) in [6.07, 6.45) is 3.30. The minimum atomic E-state index is -0.554. The molecule has 3 atom stereocenters. The summed E-state index contributed by atoms with van der Waals surface area (Å²) >= 11 is 0. The van der Waals surface area contributed by atoms with Crippen molar-refractivity contribution in [2.45, 2.75) is 138 Å².